The van der Waals surface area contributed by atoms with Crippen LogP contribution < -0.4 is 9.62 Å². The molecule has 0 radical (unpaired) electrons. The van der Waals surface area contributed by atoms with Gasteiger partial charge in [-0.05, 0) is 56.0 Å². The molecule has 2 unspecified atom stereocenters. The van der Waals surface area contributed by atoms with E-state index in [0.717, 1.165) is 22.5 Å². The summed E-state index contributed by atoms with van der Waals surface area (Å²) in [6, 6.07) is 13.2. The molecular formula is C25H34ClN3O4S. The summed E-state index contributed by atoms with van der Waals surface area (Å²) < 4.78 is 26.3. The van der Waals surface area contributed by atoms with E-state index < -0.39 is 28.5 Å². The molecule has 1 N–H and O–H groups in total. The van der Waals surface area contributed by atoms with Crippen molar-refractivity contribution in [2.45, 2.75) is 59.2 Å². The van der Waals surface area contributed by atoms with Gasteiger partial charge in [0.05, 0.1) is 11.9 Å². The molecule has 0 spiro atoms. The first-order valence-corrected chi connectivity index (χ1v) is 13.6. The third-order valence-corrected chi connectivity index (χ3v) is 7.16. The second-order valence-electron chi connectivity index (χ2n) is 8.46. The van der Waals surface area contributed by atoms with Gasteiger partial charge in [-0.2, -0.15) is 0 Å². The molecule has 34 heavy (non-hydrogen) atoms. The number of carbonyl (C=O) groups is 2. The lowest BCUT2D eigenvalue weighted by molar-refractivity contribution is -0.140. The van der Waals surface area contributed by atoms with Crippen molar-refractivity contribution in [3.05, 3.63) is 64.7 Å². The lowest BCUT2D eigenvalue weighted by atomic mass is 10.1. The molecule has 2 aromatic rings. The van der Waals surface area contributed by atoms with Crippen LogP contribution in [-0.4, -0.2) is 50.0 Å². The fraction of sp³-hybridized carbons (Fsp3) is 0.440. The molecule has 0 aliphatic carbocycles. The smallest absolute Gasteiger partial charge is 0.244 e. The molecular weight excluding hydrogens is 474 g/mol. The first-order valence-electron chi connectivity index (χ1n) is 11.4. The zero-order valence-corrected chi connectivity index (χ0v) is 22.0. The number of aryl methyl sites for hydroxylation is 1. The summed E-state index contributed by atoms with van der Waals surface area (Å²) in [7, 11) is -3.76. The van der Waals surface area contributed by atoms with Gasteiger partial charge in [-0.3, -0.25) is 13.9 Å². The van der Waals surface area contributed by atoms with E-state index in [0.29, 0.717) is 22.7 Å². The summed E-state index contributed by atoms with van der Waals surface area (Å²) >= 11 is 6.35. The van der Waals surface area contributed by atoms with Crippen LogP contribution in [-0.2, 0) is 26.2 Å². The molecule has 2 atom stereocenters. The zero-order valence-electron chi connectivity index (χ0n) is 20.4. The number of benzene rings is 2. The van der Waals surface area contributed by atoms with E-state index in [4.69, 9.17) is 11.6 Å². The minimum atomic E-state index is -3.76. The number of halogens is 1. The van der Waals surface area contributed by atoms with Crippen molar-refractivity contribution in [2.75, 3.05) is 17.1 Å². The quantitative estimate of drug-likeness (QED) is 0.495. The molecule has 0 aromatic heterocycles. The summed E-state index contributed by atoms with van der Waals surface area (Å²) in [6.45, 7) is 7.18. The van der Waals surface area contributed by atoms with Crippen LogP contribution >= 0.6 is 11.6 Å². The molecule has 9 heteroatoms. The summed E-state index contributed by atoms with van der Waals surface area (Å²) in [4.78, 5) is 28.1. The Hall–Kier alpha value is -2.58. The molecule has 0 saturated heterocycles. The number of hydrogen-bond donors (Lipinski definition) is 1. The van der Waals surface area contributed by atoms with E-state index in [1.54, 1.807) is 42.5 Å². The van der Waals surface area contributed by atoms with Crippen LogP contribution in [0.15, 0.2) is 48.5 Å². The molecule has 2 rings (SSSR count). The molecule has 2 amide bonds. The Labute approximate surface area is 208 Å². The second-order valence-corrected chi connectivity index (χ2v) is 10.8. The van der Waals surface area contributed by atoms with Crippen molar-refractivity contribution >= 4 is 39.1 Å². The highest BCUT2D eigenvalue weighted by Crippen LogP contribution is 2.23. The first kappa shape index (κ1) is 27.7. The number of nitrogens with one attached hydrogen (secondary N) is 1. The molecule has 0 aliphatic rings. The molecule has 0 bridgehead atoms. The van der Waals surface area contributed by atoms with Gasteiger partial charge in [0.1, 0.15) is 12.6 Å². The van der Waals surface area contributed by atoms with Crippen molar-refractivity contribution < 1.29 is 18.0 Å². The molecule has 186 valence electrons. The molecule has 0 fully saturated rings. The fourth-order valence-corrected chi connectivity index (χ4v) is 4.60. The highest BCUT2D eigenvalue weighted by molar-refractivity contribution is 7.92. The van der Waals surface area contributed by atoms with E-state index in [9.17, 15) is 18.0 Å². The Morgan fingerprint density at radius 2 is 1.74 bits per heavy atom. The van der Waals surface area contributed by atoms with Gasteiger partial charge in [0.25, 0.3) is 0 Å². The Kier molecular flexibility index (Phi) is 9.94. The Morgan fingerprint density at radius 1 is 1.06 bits per heavy atom. The summed E-state index contributed by atoms with van der Waals surface area (Å²) in [5.74, 6) is -0.767. The Morgan fingerprint density at radius 3 is 2.29 bits per heavy atom. The van der Waals surface area contributed by atoms with Crippen LogP contribution in [0.4, 0.5) is 5.69 Å². The molecule has 2 aromatic carbocycles. The van der Waals surface area contributed by atoms with Crippen LogP contribution in [0.3, 0.4) is 0 Å². The summed E-state index contributed by atoms with van der Waals surface area (Å²) in [5, 5.41) is 3.41. The zero-order chi connectivity index (χ0) is 25.5. The standard InChI is InChI=1S/C25H34ClN3O4S/c1-6-19(4)27-25(31)23(7-2)28(16-20-12-8-9-14-22(20)26)24(30)17-29(34(5,32)33)21-13-10-11-18(3)15-21/h8-15,19,23H,6-7,16-17H2,1-5H3,(H,27,31). The maximum atomic E-state index is 13.6. The number of amides is 2. The minimum Gasteiger partial charge on any atom is -0.352 e. The van der Waals surface area contributed by atoms with Crippen LogP contribution in [0, 0.1) is 6.92 Å². The van der Waals surface area contributed by atoms with E-state index in [1.807, 2.05) is 33.8 Å². The van der Waals surface area contributed by atoms with Crippen LogP contribution in [0.5, 0.6) is 0 Å². The third kappa shape index (κ3) is 7.46. The summed E-state index contributed by atoms with van der Waals surface area (Å²) in [5.41, 5.74) is 1.94. The van der Waals surface area contributed by atoms with E-state index in [2.05, 4.69) is 5.32 Å². The summed E-state index contributed by atoms with van der Waals surface area (Å²) in [6.07, 6.45) is 2.17. The predicted octanol–water partition coefficient (Wildman–Crippen LogP) is 4.14. The number of rotatable bonds is 11. The number of nitrogens with zero attached hydrogens (tertiary/aromatic N) is 2. The van der Waals surface area contributed by atoms with Crippen molar-refractivity contribution in [3.63, 3.8) is 0 Å². The molecule has 0 saturated carbocycles. The number of sulfonamides is 1. The van der Waals surface area contributed by atoms with Crippen molar-refractivity contribution in [3.8, 4) is 0 Å². The van der Waals surface area contributed by atoms with Gasteiger partial charge in [-0.1, -0.05) is 55.8 Å². The number of anilines is 1. The number of carbonyl (C=O) groups excluding carboxylic acids is 2. The van der Waals surface area contributed by atoms with Gasteiger partial charge < -0.3 is 10.2 Å². The van der Waals surface area contributed by atoms with Gasteiger partial charge >= 0.3 is 0 Å². The maximum Gasteiger partial charge on any atom is 0.244 e. The van der Waals surface area contributed by atoms with Crippen LogP contribution in [0.25, 0.3) is 0 Å². The normalized spacial score (nSPS) is 13.1. The molecule has 7 nitrogen and oxygen atoms in total. The first-order chi connectivity index (χ1) is 16.0. The van der Waals surface area contributed by atoms with E-state index >= 15 is 0 Å². The van der Waals surface area contributed by atoms with E-state index in [1.165, 1.54) is 4.90 Å². The van der Waals surface area contributed by atoms with Gasteiger partial charge in [0, 0.05) is 17.6 Å². The predicted molar refractivity (Wildman–Crippen MR) is 137 cm³/mol. The molecule has 0 aliphatic heterocycles. The maximum absolute atomic E-state index is 13.6. The van der Waals surface area contributed by atoms with Gasteiger partial charge in [-0.25, -0.2) is 8.42 Å². The third-order valence-electron chi connectivity index (χ3n) is 5.65. The highest BCUT2D eigenvalue weighted by atomic mass is 35.5. The molecule has 0 heterocycles. The number of hydrogen-bond acceptors (Lipinski definition) is 4. The topological polar surface area (TPSA) is 86.8 Å². The monoisotopic (exact) mass is 507 g/mol. The van der Waals surface area contributed by atoms with Crippen molar-refractivity contribution in [2.24, 2.45) is 0 Å². The Bertz CT molecular complexity index is 1110. The second kappa shape index (κ2) is 12.2. The van der Waals surface area contributed by atoms with Gasteiger partial charge in [0.2, 0.25) is 21.8 Å². The highest BCUT2D eigenvalue weighted by Gasteiger charge is 2.32. The lowest BCUT2D eigenvalue weighted by Crippen LogP contribution is -2.53. The van der Waals surface area contributed by atoms with Gasteiger partial charge in [-0.15, -0.1) is 0 Å². The fourth-order valence-electron chi connectivity index (χ4n) is 3.57. The van der Waals surface area contributed by atoms with Crippen LogP contribution in [0.2, 0.25) is 5.02 Å². The Balaban J connectivity index is 2.45. The largest absolute Gasteiger partial charge is 0.352 e. The lowest BCUT2D eigenvalue weighted by Gasteiger charge is -2.33. The SMILES string of the molecule is CCC(C)NC(=O)C(CC)N(Cc1ccccc1Cl)C(=O)CN(c1cccc(C)c1)S(C)(=O)=O. The van der Waals surface area contributed by atoms with Crippen molar-refractivity contribution in [1.29, 1.82) is 0 Å². The van der Waals surface area contributed by atoms with Crippen molar-refractivity contribution in [1.82, 2.24) is 10.2 Å². The van der Waals surface area contributed by atoms with Crippen LogP contribution in [0.1, 0.15) is 44.7 Å². The average Bonchev–Trinajstić information content (AvgIpc) is 2.77. The average molecular weight is 508 g/mol. The van der Waals surface area contributed by atoms with E-state index in [-0.39, 0.29) is 18.5 Å². The minimum absolute atomic E-state index is 0.0568. The van der Waals surface area contributed by atoms with Gasteiger partial charge in [0.15, 0.2) is 0 Å².